The van der Waals surface area contributed by atoms with Gasteiger partial charge in [0.05, 0.1) is 0 Å². The molecule has 2 rings (SSSR count). The Morgan fingerprint density at radius 1 is 1.29 bits per heavy atom. The van der Waals surface area contributed by atoms with E-state index in [0.717, 1.165) is 12.8 Å². The summed E-state index contributed by atoms with van der Waals surface area (Å²) in [6.45, 7) is 2.09. The minimum absolute atomic E-state index is 0.396. The first kappa shape index (κ1) is 9.07. The number of aryl methyl sites for hydroxylation is 1. The van der Waals surface area contributed by atoms with Crippen molar-refractivity contribution >= 4 is 5.57 Å². The van der Waals surface area contributed by atoms with Crippen LogP contribution in [0.15, 0.2) is 42.2 Å². The maximum absolute atomic E-state index is 9.39. The molecule has 1 aliphatic rings. The molecule has 0 saturated heterocycles. The van der Waals surface area contributed by atoms with Crippen LogP contribution in [-0.2, 0) is 0 Å². The summed E-state index contributed by atoms with van der Waals surface area (Å²) in [4.78, 5) is 0. The molecule has 0 bridgehead atoms. The van der Waals surface area contributed by atoms with E-state index < -0.39 is 0 Å². The Kier molecular flexibility index (Phi) is 2.40. The lowest BCUT2D eigenvalue weighted by atomic mass is 9.96. The van der Waals surface area contributed by atoms with E-state index in [4.69, 9.17) is 0 Å². The van der Waals surface area contributed by atoms with Gasteiger partial charge >= 0.3 is 0 Å². The third-order valence-corrected chi connectivity index (χ3v) is 2.48. The summed E-state index contributed by atoms with van der Waals surface area (Å²) in [5.74, 6) is 0.396. The van der Waals surface area contributed by atoms with Crippen LogP contribution in [0.5, 0.6) is 0 Å². The third-order valence-electron chi connectivity index (χ3n) is 2.48. The third kappa shape index (κ3) is 1.87. The smallest absolute Gasteiger partial charge is 0.111 e. The largest absolute Gasteiger partial charge is 0.508 e. The molecule has 0 unspecified atom stereocenters. The van der Waals surface area contributed by atoms with Crippen LogP contribution in [0, 0.1) is 6.92 Å². The highest BCUT2D eigenvalue weighted by Crippen LogP contribution is 2.25. The Bertz CT molecular complexity index is 399. The number of aliphatic hydroxyl groups is 1. The lowest BCUT2D eigenvalue weighted by Crippen LogP contribution is -1.92. The van der Waals surface area contributed by atoms with E-state index in [1.807, 2.05) is 12.2 Å². The maximum atomic E-state index is 9.39. The molecule has 0 heterocycles. The average molecular weight is 186 g/mol. The van der Waals surface area contributed by atoms with Gasteiger partial charge < -0.3 is 5.11 Å². The van der Waals surface area contributed by atoms with Crippen LogP contribution < -0.4 is 0 Å². The predicted molar refractivity (Wildman–Crippen MR) is 59.1 cm³/mol. The van der Waals surface area contributed by atoms with Gasteiger partial charge in [-0.05, 0) is 43.1 Å². The summed E-state index contributed by atoms with van der Waals surface area (Å²) in [7, 11) is 0. The lowest BCUT2D eigenvalue weighted by molar-refractivity contribution is 0.428. The van der Waals surface area contributed by atoms with Crippen LogP contribution in [0.25, 0.3) is 5.57 Å². The predicted octanol–water partition coefficient (Wildman–Crippen LogP) is 3.61. The molecule has 0 spiro atoms. The van der Waals surface area contributed by atoms with Gasteiger partial charge in [-0.25, -0.2) is 0 Å². The normalized spacial score (nSPS) is 16.1. The first-order chi connectivity index (χ1) is 6.75. The highest BCUT2D eigenvalue weighted by Gasteiger charge is 2.06. The number of aliphatic hydroxyl groups excluding tert-OH is 1. The van der Waals surface area contributed by atoms with Crippen LogP contribution >= 0.6 is 0 Å². The summed E-state index contributed by atoms with van der Waals surface area (Å²) in [5, 5.41) is 9.39. The van der Waals surface area contributed by atoms with Crippen LogP contribution in [0.1, 0.15) is 24.0 Å². The number of benzene rings is 1. The Balaban J connectivity index is 2.36. The monoisotopic (exact) mass is 186 g/mol. The number of hydrogen-bond donors (Lipinski definition) is 1. The van der Waals surface area contributed by atoms with Crippen molar-refractivity contribution in [1.29, 1.82) is 0 Å². The van der Waals surface area contributed by atoms with E-state index in [2.05, 4.69) is 31.2 Å². The van der Waals surface area contributed by atoms with Crippen molar-refractivity contribution in [2.24, 2.45) is 0 Å². The second-order valence-electron chi connectivity index (χ2n) is 3.71. The molecule has 0 aromatic heterocycles. The van der Waals surface area contributed by atoms with E-state index in [-0.39, 0.29) is 0 Å². The Morgan fingerprint density at radius 2 is 2.14 bits per heavy atom. The van der Waals surface area contributed by atoms with Crippen molar-refractivity contribution in [2.75, 3.05) is 0 Å². The van der Waals surface area contributed by atoms with E-state index in [1.165, 1.54) is 16.7 Å². The second kappa shape index (κ2) is 3.70. The summed E-state index contributed by atoms with van der Waals surface area (Å²) >= 11 is 0. The van der Waals surface area contributed by atoms with Gasteiger partial charge in [0, 0.05) is 0 Å². The van der Waals surface area contributed by atoms with E-state index in [1.54, 1.807) is 0 Å². The topological polar surface area (TPSA) is 20.2 Å². The quantitative estimate of drug-likeness (QED) is 0.710. The van der Waals surface area contributed by atoms with E-state index in [9.17, 15) is 5.11 Å². The molecule has 0 fully saturated rings. The zero-order valence-corrected chi connectivity index (χ0v) is 8.33. The fraction of sp³-hybridized carbons (Fsp3) is 0.231. The summed E-state index contributed by atoms with van der Waals surface area (Å²) in [6, 6.07) is 8.39. The van der Waals surface area contributed by atoms with Gasteiger partial charge in [0.15, 0.2) is 0 Å². The fourth-order valence-corrected chi connectivity index (χ4v) is 1.76. The minimum Gasteiger partial charge on any atom is -0.508 e. The van der Waals surface area contributed by atoms with Gasteiger partial charge in [-0.1, -0.05) is 29.8 Å². The first-order valence-corrected chi connectivity index (χ1v) is 4.92. The van der Waals surface area contributed by atoms with Crippen LogP contribution in [0.3, 0.4) is 0 Å². The SMILES string of the molecule is Cc1cccc(C2=CC(O)=CCC2)c1. The fourth-order valence-electron chi connectivity index (χ4n) is 1.76. The number of rotatable bonds is 1. The molecule has 1 N–H and O–H groups in total. The zero-order valence-electron chi connectivity index (χ0n) is 8.33. The van der Waals surface area contributed by atoms with Crippen molar-refractivity contribution < 1.29 is 5.11 Å². The highest BCUT2D eigenvalue weighted by atomic mass is 16.3. The highest BCUT2D eigenvalue weighted by molar-refractivity contribution is 5.69. The Hall–Kier alpha value is -1.50. The van der Waals surface area contributed by atoms with Crippen molar-refractivity contribution in [3.05, 3.63) is 53.3 Å². The molecule has 1 aromatic carbocycles. The molecular weight excluding hydrogens is 172 g/mol. The Morgan fingerprint density at radius 3 is 2.86 bits per heavy atom. The van der Waals surface area contributed by atoms with E-state index >= 15 is 0 Å². The molecule has 1 aromatic rings. The summed E-state index contributed by atoms with van der Waals surface area (Å²) < 4.78 is 0. The molecule has 0 atom stereocenters. The maximum Gasteiger partial charge on any atom is 0.111 e. The zero-order chi connectivity index (χ0) is 9.97. The molecule has 0 amide bonds. The number of allylic oxidation sites excluding steroid dienone is 3. The van der Waals surface area contributed by atoms with Crippen LogP contribution in [-0.4, -0.2) is 5.11 Å². The van der Waals surface area contributed by atoms with Crippen molar-refractivity contribution in [3.8, 4) is 0 Å². The van der Waals surface area contributed by atoms with Crippen LogP contribution in [0.2, 0.25) is 0 Å². The summed E-state index contributed by atoms with van der Waals surface area (Å²) in [6.07, 6.45) is 5.68. The van der Waals surface area contributed by atoms with E-state index in [0.29, 0.717) is 5.76 Å². The van der Waals surface area contributed by atoms with Crippen molar-refractivity contribution in [3.63, 3.8) is 0 Å². The number of hydrogen-bond acceptors (Lipinski definition) is 1. The second-order valence-corrected chi connectivity index (χ2v) is 3.71. The standard InChI is InChI=1S/C13H14O/c1-10-4-2-5-11(8-10)12-6-3-7-13(14)9-12/h2,4-5,7-9,14H,3,6H2,1H3. The van der Waals surface area contributed by atoms with Gasteiger partial charge in [-0.15, -0.1) is 0 Å². The minimum atomic E-state index is 0.396. The van der Waals surface area contributed by atoms with Crippen molar-refractivity contribution in [2.45, 2.75) is 19.8 Å². The van der Waals surface area contributed by atoms with Gasteiger partial charge in [-0.2, -0.15) is 0 Å². The molecule has 1 heteroatoms. The molecule has 14 heavy (non-hydrogen) atoms. The molecule has 0 aliphatic heterocycles. The van der Waals surface area contributed by atoms with Gasteiger partial charge in [0.25, 0.3) is 0 Å². The average Bonchev–Trinajstić information content (AvgIpc) is 2.18. The molecule has 1 nitrogen and oxygen atoms in total. The summed E-state index contributed by atoms with van der Waals surface area (Å²) in [5.41, 5.74) is 3.72. The molecule has 0 saturated carbocycles. The molecule has 0 radical (unpaired) electrons. The van der Waals surface area contributed by atoms with Gasteiger partial charge in [0.2, 0.25) is 0 Å². The lowest BCUT2D eigenvalue weighted by Gasteiger charge is -2.11. The first-order valence-electron chi connectivity index (χ1n) is 4.92. The molecule has 1 aliphatic carbocycles. The molecule has 72 valence electrons. The van der Waals surface area contributed by atoms with Gasteiger partial charge in [-0.3, -0.25) is 0 Å². The van der Waals surface area contributed by atoms with Crippen molar-refractivity contribution in [1.82, 2.24) is 0 Å². The molecular formula is C13H14O. The van der Waals surface area contributed by atoms with Gasteiger partial charge in [0.1, 0.15) is 5.76 Å². The Labute approximate surface area is 84.4 Å². The van der Waals surface area contributed by atoms with Crippen LogP contribution in [0.4, 0.5) is 0 Å².